The van der Waals surface area contributed by atoms with E-state index in [1.54, 1.807) is 57.0 Å². The fourth-order valence-corrected chi connectivity index (χ4v) is 5.30. The van der Waals surface area contributed by atoms with Crippen LogP contribution in [0, 0.1) is 19.8 Å². The van der Waals surface area contributed by atoms with Gasteiger partial charge in [0.15, 0.2) is 0 Å². The fraction of sp³-hybridized carbons (Fsp3) is 0.583. The standard InChI is InChI=1S/C36H55N3O5/c1-10-12-13-14-15-16-24-39(34(41)31(25(3)11-2)38-35(42)44-36(6,7)8)32(30-26(4)18-17-19-27(30)5)33(40)37-28-20-22-29(43-9)23-21-28/h17-23,25,31-32H,10-16,24H2,1-9H3,(H,37,40)(H,38,42). The smallest absolute Gasteiger partial charge is 0.408 e. The molecule has 3 atom stereocenters. The maximum atomic E-state index is 14.6. The molecule has 0 bridgehead atoms. The second-order valence-electron chi connectivity index (χ2n) is 12.7. The summed E-state index contributed by atoms with van der Waals surface area (Å²) in [7, 11) is 1.59. The lowest BCUT2D eigenvalue weighted by Crippen LogP contribution is -2.55. The highest BCUT2D eigenvalue weighted by Gasteiger charge is 2.39. The molecule has 8 heteroatoms. The molecule has 0 spiro atoms. The number of benzene rings is 2. The molecular formula is C36H55N3O5. The molecule has 0 aromatic heterocycles. The van der Waals surface area contributed by atoms with E-state index < -0.39 is 23.8 Å². The third kappa shape index (κ3) is 11.2. The van der Waals surface area contributed by atoms with Crippen LogP contribution in [0.4, 0.5) is 10.5 Å². The number of anilines is 1. The highest BCUT2D eigenvalue weighted by molar-refractivity contribution is 5.99. The number of hydrogen-bond donors (Lipinski definition) is 2. The van der Waals surface area contributed by atoms with Gasteiger partial charge in [-0.2, -0.15) is 0 Å². The highest BCUT2D eigenvalue weighted by Crippen LogP contribution is 2.31. The van der Waals surface area contributed by atoms with Crippen LogP contribution in [0.25, 0.3) is 0 Å². The molecule has 3 amide bonds. The Hall–Kier alpha value is -3.55. The Bertz CT molecular complexity index is 1180. The molecule has 0 aliphatic carbocycles. The maximum absolute atomic E-state index is 14.6. The zero-order chi connectivity index (χ0) is 32.9. The van der Waals surface area contributed by atoms with E-state index in [0.717, 1.165) is 48.8 Å². The fourth-order valence-electron chi connectivity index (χ4n) is 5.30. The van der Waals surface area contributed by atoms with Crippen LogP contribution in [-0.2, 0) is 14.3 Å². The minimum absolute atomic E-state index is 0.190. The Morgan fingerprint density at radius 1 is 0.886 bits per heavy atom. The Morgan fingerprint density at radius 2 is 1.48 bits per heavy atom. The molecule has 0 aliphatic heterocycles. The van der Waals surface area contributed by atoms with E-state index in [4.69, 9.17) is 9.47 Å². The molecule has 2 aromatic rings. The Balaban J connectivity index is 2.59. The average Bonchev–Trinajstić information content (AvgIpc) is 2.96. The SMILES string of the molecule is CCCCCCCCN(C(=O)C(NC(=O)OC(C)(C)C)C(C)CC)C(C(=O)Nc1ccc(OC)cc1)c1c(C)cccc1C. The normalized spacial score (nSPS) is 13.4. The van der Waals surface area contributed by atoms with Crippen LogP contribution in [0.1, 0.15) is 109 Å². The third-order valence-electron chi connectivity index (χ3n) is 7.92. The monoisotopic (exact) mass is 609 g/mol. The number of aryl methyl sites for hydroxylation is 2. The zero-order valence-corrected chi connectivity index (χ0v) is 28.4. The molecule has 2 rings (SSSR count). The van der Waals surface area contributed by atoms with Gasteiger partial charge in [0.05, 0.1) is 7.11 Å². The zero-order valence-electron chi connectivity index (χ0n) is 28.4. The van der Waals surface area contributed by atoms with Crippen LogP contribution >= 0.6 is 0 Å². The van der Waals surface area contributed by atoms with Gasteiger partial charge in [-0.1, -0.05) is 77.5 Å². The number of carbonyl (C=O) groups is 3. The summed E-state index contributed by atoms with van der Waals surface area (Å²) >= 11 is 0. The van der Waals surface area contributed by atoms with Crippen molar-refractivity contribution in [2.75, 3.05) is 19.0 Å². The second kappa shape index (κ2) is 17.7. The van der Waals surface area contributed by atoms with Gasteiger partial charge in [-0.15, -0.1) is 0 Å². The molecule has 0 saturated carbocycles. The lowest BCUT2D eigenvalue weighted by Gasteiger charge is -2.37. The van der Waals surface area contributed by atoms with Crippen LogP contribution in [-0.4, -0.2) is 48.1 Å². The second-order valence-corrected chi connectivity index (χ2v) is 12.7. The van der Waals surface area contributed by atoms with Crippen LogP contribution in [0.15, 0.2) is 42.5 Å². The molecule has 0 fully saturated rings. The van der Waals surface area contributed by atoms with Gasteiger partial charge in [0, 0.05) is 12.2 Å². The summed E-state index contributed by atoms with van der Waals surface area (Å²) in [6.07, 6.45) is 6.21. The summed E-state index contributed by atoms with van der Waals surface area (Å²) in [6.45, 7) is 15.8. The van der Waals surface area contributed by atoms with Crippen molar-refractivity contribution in [1.29, 1.82) is 0 Å². The lowest BCUT2D eigenvalue weighted by atomic mass is 9.91. The number of ether oxygens (including phenoxy) is 2. The van der Waals surface area contributed by atoms with Gasteiger partial charge in [-0.3, -0.25) is 9.59 Å². The lowest BCUT2D eigenvalue weighted by molar-refractivity contribution is -0.142. The van der Waals surface area contributed by atoms with E-state index in [0.29, 0.717) is 24.4 Å². The van der Waals surface area contributed by atoms with E-state index in [-0.39, 0.29) is 17.7 Å². The maximum Gasteiger partial charge on any atom is 0.408 e. The molecule has 244 valence electrons. The first kappa shape index (κ1) is 36.6. The van der Waals surface area contributed by atoms with Crippen molar-refractivity contribution in [2.24, 2.45) is 5.92 Å². The number of nitrogens with one attached hydrogen (secondary N) is 2. The molecule has 8 nitrogen and oxygen atoms in total. The van der Waals surface area contributed by atoms with E-state index in [9.17, 15) is 14.4 Å². The molecule has 2 aromatic carbocycles. The van der Waals surface area contributed by atoms with Gasteiger partial charge in [0.1, 0.15) is 23.4 Å². The largest absolute Gasteiger partial charge is 0.497 e. The van der Waals surface area contributed by atoms with Gasteiger partial charge in [0.2, 0.25) is 5.91 Å². The summed E-state index contributed by atoms with van der Waals surface area (Å²) < 4.78 is 10.8. The van der Waals surface area contributed by atoms with Crippen molar-refractivity contribution in [3.8, 4) is 5.75 Å². The van der Waals surface area contributed by atoms with Crippen molar-refractivity contribution in [1.82, 2.24) is 10.2 Å². The van der Waals surface area contributed by atoms with Crippen molar-refractivity contribution >= 4 is 23.6 Å². The predicted octanol–water partition coefficient (Wildman–Crippen LogP) is 8.12. The predicted molar refractivity (Wildman–Crippen MR) is 178 cm³/mol. The van der Waals surface area contributed by atoms with Crippen LogP contribution < -0.4 is 15.4 Å². The molecule has 0 heterocycles. The van der Waals surface area contributed by atoms with E-state index in [1.807, 2.05) is 45.9 Å². The highest BCUT2D eigenvalue weighted by atomic mass is 16.6. The summed E-state index contributed by atoms with van der Waals surface area (Å²) in [6, 6.07) is 11.2. The van der Waals surface area contributed by atoms with E-state index >= 15 is 0 Å². The minimum atomic E-state index is -0.909. The van der Waals surface area contributed by atoms with Crippen LogP contribution in [0.2, 0.25) is 0 Å². The summed E-state index contributed by atoms with van der Waals surface area (Å²) in [5.41, 5.74) is 2.51. The first-order chi connectivity index (χ1) is 20.8. The molecule has 2 N–H and O–H groups in total. The van der Waals surface area contributed by atoms with Crippen molar-refractivity contribution in [3.05, 3.63) is 59.2 Å². The Morgan fingerprint density at radius 3 is 2.02 bits per heavy atom. The number of rotatable bonds is 16. The number of hydrogen-bond acceptors (Lipinski definition) is 5. The topological polar surface area (TPSA) is 97.0 Å². The number of carbonyl (C=O) groups excluding carboxylic acids is 3. The first-order valence-corrected chi connectivity index (χ1v) is 16.1. The molecule has 0 radical (unpaired) electrons. The van der Waals surface area contributed by atoms with Gasteiger partial charge < -0.3 is 25.0 Å². The van der Waals surface area contributed by atoms with Crippen molar-refractivity contribution < 1.29 is 23.9 Å². The summed E-state index contributed by atoms with van der Waals surface area (Å²) in [4.78, 5) is 43.6. The van der Waals surface area contributed by atoms with Crippen molar-refractivity contribution in [2.45, 2.75) is 118 Å². The summed E-state index contributed by atoms with van der Waals surface area (Å²) in [5.74, 6) is -0.118. The van der Waals surface area contributed by atoms with Crippen molar-refractivity contribution in [3.63, 3.8) is 0 Å². The van der Waals surface area contributed by atoms with Gasteiger partial charge in [-0.05, 0) is 87.9 Å². The van der Waals surface area contributed by atoms with Gasteiger partial charge in [-0.25, -0.2) is 4.79 Å². The summed E-state index contributed by atoms with van der Waals surface area (Å²) in [5, 5.41) is 5.92. The Labute approximate surface area is 265 Å². The van der Waals surface area contributed by atoms with Gasteiger partial charge >= 0.3 is 6.09 Å². The Kier molecular flexibility index (Phi) is 14.7. The molecule has 0 saturated heterocycles. The number of unbranched alkanes of at least 4 members (excludes halogenated alkanes) is 5. The number of amides is 3. The molecule has 3 unspecified atom stereocenters. The average molecular weight is 610 g/mol. The van der Waals surface area contributed by atoms with Crippen LogP contribution in [0.3, 0.4) is 0 Å². The van der Waals surface area contributed by atoms with Crippen LogP contribution in [0.5, 0.6) is 5.75 Å². The third-order valence-corrected chi connectivity index (χ3v) is 7.92. The molecule has 44 heavy (non-hydrogen) atoms. The number of methoxy groups -OCH3 is 1. The molecule has 0 aliphatic rings. The number of nitrogens with zero attached hydrogens (tertiary/aromatic N) is 1. The quantitative estimate of drug-likeness (QED) is 0.187. The van der Waals surface area contributed by atoms with E-state index in [2.05, 4.69) is 17.6 Å². The minimum Gasteiger partial charge on any atom is -0.497 e. The van der Waals surface area contributed by atoms with Gasteiger partial charge in [0.25, 0.3) is 5.91 Å². The van der Waals surface area contributed by atoms with E-state index in [1.165, 1.54) is 6.42 Å². The molecular weight excluding hydrogens is 554 g/mol. The number of alkyl carbamates (subject to hydrolysis) is 1. The first-order valence-electron chi connectivity index (χ1n) is 16.1.